The summed E-state index contributed by atoms with van der Waals surface area (Å²) in [6.07, 6.45) is 0. The Balaban J connectivity index is 2.50. The van der Waals surface area contributed by atoms with E-state index < -0.39 is 7.82 Å². The molecule has 0 saturated carbocycles. The van der Waals surface area contributed by atoms with Crippen molar-refractivity contribution >= 4 is 7.82 Å². The maximum atomic E-state index is 11.2. The van der Waals surface area contributed by atoms with Crippen LogP contribution in [0.4, 0.5) is 0 Å². The Labute approximate surface area is 157 Å². The van der Waals surface area contributed by atoms with E-state index in [0.29, 0.717) is 17.2 Å². The number of rotatable bonds is 8. The van der Waals surface area contributed by atoms with Crippen LogP contribution in [0.1, 0.15) is 24.0 Å². The van der Waals surface area contributed by atoms with Crippen LogP contribution in [0.5, 0.6) is 28.7 Å². The van der Waals surface area contributed by atoms with Crippen LogP contribution in [0.25, 0.3) is 0 Å². The molecule has 0 aliphatic rings. The zero-order chi connectivity index (χ0) is 20.2. The van der Waals surface area contributed by atoms with Crippen LogP contribution in [0.3, 0.4) is 0 Å². The molecule has 0 aliphatic carbocycles. The predicted molar refractivity (Wildman–Crippen MR) is 99.3 cm³/mol. The first kappa shape index (κ1) is 20.9. The van der Waals surface area contributed by atoms with Crippen molar-refractivity contribution in [1.82, 2.24) is 0 Å². The fourth-order valence-electron chi connectivity index (χ4n) is 2.71. The van der Waals surface area contributed by atoms with Gasteiger partial charge in [-0.1, -0.05) is 13.0 Å². The molecule has 1 atom stereocenters. The average Bonchev–Trinajstić information content (AvgIpc) is 2.64. The zero-order valence-electron chi connectivity index (χ0n) is 15.8. The Bertz CT molecular complexity index is 820. The lowest BCUT2D eigenvalue weighted by Crippen LogP contribution is -2.02. The second-order valence-corrected chi connectivity index (χ2v) is 6.84. The largest absolute Gasteiger partial charge is 0.524 e. The van der Waals surface area contributed by atoms with Crippen molar-refractivity contribution in [1.29, 1.82) is 0 Å². The summed E-state index contributed by atoms with van der Waals surface area (Å²) in [6, 6.07) is 8.55. The van der Waals surface area contributed by atoms with E-state index >= 15 is 0 Å². The van der Waals surface area contributed by atoms with E-state index in [9.17, 15) is 4.57 Å². The molecular formula is C18H23O8P. The van der Waals surface area contributed by atoms with Crippen molar-refractivity contribution in [2.45, 2.75) is 12.8 Å². The topological polar surface area (TPSA) is 104 Å². The number of hydrogen-bond acceptors (Lipinski definition) is 6. The van der Waals surface area contributed by atoms with Gasteiger partial charge in [-0.3, -0.25) is 9.79 Å². The first-order valence-electron chi connectivity index (χ1n) is 7.97. The fourth-order valence-corrected chi connectivity index (χ4v) is 3.10. The van der Waals surface area contributed by atoms with Crippen LogP contribution >= 0.6 is 7.82 Å². The second-order valence-electron chi connectivity index (χ2n) is 5.67. The van der Waals surface area contributed by atoms with Gasteiger partial charge in [0.15, 0.2) is 23.0 Å². The lowest BCUT2D eigenvalue weighted by molar-refractivity contribution is 0.276. The smallest absolute Gasteiger partial charge is 0.493 e. The van der Waals surface area contributed by atoms with Crippen molar-refractivity contribution in [2.24, 2.45) is 0 Å². The van der Waals surface area contributed by atoms with E-state index in [1.54, 1.807) is 12.1 Å². The highest BCUT2D eigenvalue weighted by atomic mass is 31.2. The van der Waals surface area contributed by atoms with Crippen molar-refractivity contribution < 1.29 is 37.8 Å². The molecular weight excluding hydrogens is 375 g/mol. The molecule has 0 fully saturated rings. The zero-order valence-corrected chi connectivity index (χ0v) is 16.6. The Morgan fingerprint density at radius 2 is 1.30 bits per heavy atom. The van der Waals surface area contributed by atoms with Gasteiger partial charge in [0.05, 0.1) is 28.4 Å². The van der Waals surface area contributed by atoms with Crippen LogP contribution in [-0.2, 0) is 4.57 Å². The van der Waals surface area contributed by atoms with E-state index in [0.717, 1.165) is 11.1 Å². The maximum absolute atomic E-state index is 11.2. The molecule has 1 unspecified atom stereocenters. The fraction of sp³-hybridized carbons (Fsp3) is 0.333. The summed E-state index contributed by atoms with van der Waals surface area (Å²) in [5, 5.41) is 0. The molecule has 0 bridgehead atoms. The summed E-state index contributed by atoms with van der Waals surface area (Å²) in [5.74, 6) is 1.53. The molecule has 0 amide bonds. The third-order valence-corrected chi connectivity index (χ3v) is 4.53. The number of phosphoric ester groups is 1. The number of benzene rings is 2. The van der Waals surface area contributed by atoms with Crippen LogP contribution in [-0.4, -0.2) is 38.2 Å². The molecule has 0 heterocycles. The van der Waals surface area contributed by atoms with Gasteiger partial charge in [0.2, 0.25) is 5.75 Å². The molecule has 27 heavy (non-hydrogen) atoms. The molecule has 0 aromatic heterocycles. The quantitative estimate of drug-likeness (QED) is 0.653. The number of methoxy groups -OCH3 is 4. The maximum Gasteiger partial charge on any atom is 0.524 e. The highest BCUT2D eigenvalue weighted by molar-refractivity contribution is 7.46. The van der Waals surface area contributed by atoms with Crippen molar-refractivity contribution in [3.05, 3.63) is 41.5 Å². The van der Waals surface area contributed by atoms with Crippen LogP contribution in [0, 0.1) is 0 Å². The molecule has 2 N–H and O–H groups in total. The predicted octanol–water partition coefficient (Wildman–Crippen LogP) is 3.34. The average molecular weight is 398 g/mol. The minimum atomic E-state index is -4.72. The van der Waals surface area contributed by atoms with Gasteiger partial charge in [0.25, 0.3) is 0 Å². The second kappa shape index (κ2) is 8.52. The molecule has 2 aromatic carbocycles. The van der Waals surface area contributed by atoms with Crippen LogP contribution in [0.15, 0.2) is 30.3 Å². The summed E-state index contributed by atoms with van der Waals surface area (Å²) in [4.78, 5) is 18.2. The third-order valence-electron chi connectivity index (χ3n) is 4.09. The molecule has 2 aromatic rings. The van der Waals surface area contributed by atoms with Gasteiger partial charge in [-0.2, -0.15) is 0 Å². The van der Waals surface area contributed by atoms with Gasteiger partial charge in [0.1, 0.15) is 0 Å². The van der Waals surface area contributed by atoms with Crippen molar-refractivity contribution in [3.8, 4) is 28.7 Å². The monoisotopic (exact) mass is 398 g/mol. The summed E-state index contributed by atoms with van der Waals surface area (Å²) < 4.78 is 37.2. The summed E-state index contributed by atoms with van der Waals surface area (Å²) in [6.45, 7) is 1.93. The van der Waals surface area contributed by atoms with Crippen molar-refractivity contribution in [3.63, 3.8) is 0 Å². The van der Waals surface area contributed by atoms with Crippen LogP contribution < -0.4 is 23.5 Å². The number of phosphoric acid groups is 1. The number of hydrogen-bond donors (Lipinski definition) is 2. The van der Waals surface area contributed by atoms with Crippen LogP contribution in [0.2, 0.25) is 0 Å². The van der Waals surface area contributed by atoms with E-state index in [4.69, 9.17) is 33.3 Å². The Hall–Kier alpha value is -2.41. The highest BCUT2D eigenvalue weighted by Crippen LogP contribution is 2.45. The summed E-state index contributed by atoms with van der Waals surface area (Å²) in [7, 11) is 1.26. The first-order chi connectivity index (χ1) is 12.7. The Morgan fingerprint density at radius 1 is 0.778 bits per heavy atom. The Morgan fingerprint density at radius 3 is 1.74 bits per heavy atom. The molecule has 2 rings (SSSR count). The minimum absolute atomic E-state index is 0.0392. The molecule has 9 heteroatoms. The molecule has 0 saturated heterocycles. The van der Waals surface area contributed by atoms with Gasteiger partial charge in [-0.15, -0.1) is 0 Å². The molecule has 148 valence electrons. The first-order valence-corrected chi connectivity index (χ1v) is 9.50. The third kappa shape index (κ3) is 4.86. The van der Waals surface area contributed by atoms with E-state index in [-0.39, 0.29) is 17.4 Å². The summed E-state index contributed by atoms with van der Waals surface area (Å²) in [5.41, 5.74) is 1.62. The van der Waals surface area contributed by atoms with Gasteiger partial charge in [-0.25, -0.2) is 4.57 Å². The van der Waals surface area contributed by atoms with E-state index in [1.807, 2.05) is 19.1 Å². The van der Waals surface area contributed by atoms with E-state index in [1.165, 1.54) is 34.5 Å². The van der Waals surface area contributed by atoms with Gasteiger partial charge < -0.3 is 23.5 Å². The lowest BCUT2D eigenvalue weighted by Gasteiger charge is -2.19. The summed E-state index contributed by atoms with van der Waals surface area (Å²) >= 11 is 0. The van der Waals surface area contributed by atoms with Gasteiger partial charge in [0, 0.05) is 5.92 Å². The lowest BCUT2D eigenvalue weighted by atomic mass is 9.92. The molecule has 0 radical (unpaired) electrons. The molecule has 8 nitrogen and oxygen atoms in total. The highest BCUT2D eigenvalue weighted by Gasteiger charge is 2.22. The van der Waals surface area contributed by atoms with Crippen molar-refractivity contribution in [2.75, 3.05) is 28.4 Å². The normalized spacial score (nSPS) is 12.3. The minimum Gasteiger partial charge on any atom is -0.493 e. The standard InChI is InChI=1S/C18H23O8P/c1-11(13-9-16(23-3)18(25-5)17(10-13)24-4)12-6-7-14(22-2)15(8-12)26-27(19,20)21/h6-11H,1-5H3,(H2,19,20,21). The van der Waals surface area contributed by atoms with Gasteiger partial charge >= 0.3 is 7.82 Å². The van der Waals surface area contributed by atoms with E-state index in [2.05, 4.69) is 0 Å². The van der Waals surface area contributed by atoms with Gasteiger partial charge in [-0.05, 0) is 35.4 Å². The Kier molecular flexibility index (Phi) is 6.59. The molecule has 0 aliphatic heterocycles. The SMILES string of the molecule is COc1ccc(C(C)c2cc(OC)c(OC)c(OC)c2)cc1OP(=O)(O)O. The number of ether oxygens (including phenoxy) is 4. The molecule has 0 spiro atoms.